The van der Waals surface area contributed by atoms with Gasteiger partial charge in [-0.3, -0.25) is 9.59 Å². The molecule has 2 fully saturated rings. The average molecular weight is 512 g/mol. The van der Waals surface area contributed by atoms with E-state index in [4.69, 9.17) is 9.47 Å². The monoisotopic (exact) mass is 511 g/mol. The summed E-state index contributed by atoms with van der Waals surface area (Å²) in [6, 6.07) is 1.51. The Hall–Kier alpha value is -3.73. The van der Waals surface area contributed by atoms with Crippen molar-refractivity contribution in [3.8, 4) is 22.8 Å². The molecule has 3 aromatic rings. The molecule has 3 heterocycles. The number of ether oxygens (including phenoxy) is 2. The van der Waals surface area contributed by atoms with Gasteiger partial charge in [-0.05, 0) is 44.6 Å². The van der Waals surface area contributed by atoms with Crippen molar-refractivity contribution in [2.75, 3.05) is 27.3 Å². The third kappa shape index (κ3) is 4.59. The Labute approximate surface area is 213 Å². The molecule has 1 saturated carbocycles. The number of hydrogen-bond donors (Lipinski definition) is 3. The Morgan fingerprint density at radius 1 is 1.19 bits per heavy atom. The van der Waals surface area contributed by atoms with Gasteiger partial charge in [0.05, 0.1) is 31.0 Å². The first-order chi connectivity index (χ1) is 17.8. The maximum atomic E-state index is 15.0. The zero-order chi connectivity index (χ0) is 26.3. The number of aromatic nitrogens is 3. The minimum atomic E-state index is -1.03. The van der Waals surface area contributed by atoms with Crippen molar-refractivity contribution in [1.29, 1.82) is 0 Å². The number of nitrogens with one attached hydrogen (secondary N) is 2. The predicted octanol–water partition coefficient (Wildman–Crippen LogP) is 2.76. The Bertz CT molecular complexity index is 1340. The number of carbonyl (C=O) groups is 2. The zero-order valence-electron chi connectivity index (χ0n) is 21.0. The Morgan fingerprint density at radius 3 is 2.54 bits per heavy atom. The number of nitrogens with zero attached hydrogens (tertiary/aromatic N) is 3. The second kappa shape index (κ2) is 9.97. The van der Waals surface area contributed by atoms with E-state index in [0.29, 0.717) is 53.8 Å². The van der Waals surface area contributed by atoms with Crippen LogP contribution in [0.4, 0.5) is 4.39 Å². The van der Waals surface area contributed by atoms with Crippen LogP contribution < -0.4 is 14.8 Å². The lowest BCUT2D eigenvalue weighted by Gasteiger charge is -2.33. The Balaban J connectivity index is 1.44. The largest absolute Gasteiger partial charge is 0.494 e. The summed E-state index contributed by atoms with van der Waals surface area (Å²) in [7, 11) is 2.83. The van der Waals surface area contributed by atoms with E-state index < -0.39 is 11.9 Å². The van der Waals surface area contributed by atoms with Crippen LogP contribution in [0.1, 0.15) is 54.4 Å². The summed E-state index contributed by atoms with van der Waals surface area (Å²) in [5, 5.41) is 12.6. The summed E-state index contributed by atoms with van der Waals surface area (Å²) in [5.74, 6) is -0.784. The summed E-state index contributed by atoms with van der Waals surface area (Å²) in [4.78, 5) is 38.8. The number of fused-ring (bicyclic) bond motifs is 1. The first-order valence-corrected chi connectivity index (χ1v) is 12.4. The number of likely N-dealkylation sites (tertiary alicyclic amines) is 1. The fraction of sp³-hybridized carbons (Fsp3) is 0.462. The summed E-state index contributed by atoms with van der Waals surface area (Å²) in [6.07, 6.45) is 4.97. The van der Waals surface area contributed by atoms with Gasteiger partial charge in [0.25, 0.3) is 11.8 Å². The molecule has 1 saturated heterocycles. The molecule has 1 unspecified atom stereocenters. The standard InChI is InChI=1S/C26H30FN5O5/c1-13(33)26(35)32-8-6-15(7-9-32)31-25(34)17-11-28-23-21(29-12-30-22(17)23)16-10-18(36-2)20(27)24(37-3)19(16)14-4-5-14/h10-15,28,33H,4-9H2,1-3H3,(H,31,34). The van der Waals surface area contributed by atoms with E-state index >= 15 is 0 Å². The normalized spacial score (nSPS) is 17.1. The van der Waals surface area contributed by atoms with Crippen LogP contribution in [0.15, 0.2) is 18.6 Å². The van der Waals surface area contributed by atoms with Gasteiger partial charge in [0.15, 0.2) is 11.5 Å². The molecule has 10 nitrogen and oxygen atoms in total. The lowest BCUT2D eigenvalue weighted by Crippen LogP contribution is -2.48. The van der Waals surface area contributed by atoms with E-state index in [-0.39, 0.29) is 35.3 Å². The predicted molar refractivity (Wildman–Crippen MR) is 133 cm³/mol. The first-order valence-electron chi connectivity index (χ1n) is 12.4. The highest BCUT2D eigenvalue weighted by atomic mass is 19.1. The summed E-state index contributed by atoms with van der Waals surface area (Å²) in [5.41, 5.74) is 3.33. The highest BCUT2D eigenvalue weighted by Gasteiger charge is 2.34. The van der Waals surface area contributed by atoms with Crippen molar-refractivity contribution in [2.24, 2.45) is 0 Å². The van der Waals surface area contributed by atoms with E-state index in [9.17, 15) is 19.1 Å². The number of halogens is 1. The maximum absolute atomic E-state index is 15.0. The molecule has 0 spiro atoms. The third-order valence-electron chi connectivity index (χ3n) is 7.10. The zero-order valence-corrected chi connectivity index (χ0v) is 21.0. The van der Waals surface area contributed by atoms with Gasteiger partial charge >= 0.3 is 0 Å². The minimum Gasteiger partial charge on any atom is -0.494 e. The van der Waals surface area contributed by atoms with Gasteiger partial charge in [-0.1, -0.05) is 0 Å². The van der Waals surface area contributed by atoms with Crippen LogP contribution >= 0.6 is 0 Å². The number of aromatic amines is 1. The highest BCUT2D eigenvalue weighted by Crippen LogP contribution is 2.51. The number of rotatable bonds is 7. The van der Waals surface area contributed by atoms with E-state index in [1.54, 1.807) is 17.2 Å². The van der Waals surface area contributed by atoms with Crippen molar-refractivity contribution in [3.05, 3.63) is 35.5 Å². The van der Waals surface area contributed by atoms with Gasteiger partial charge in [0.1, 0.15) is 17.9 Å². The lowest BCUT2D eigenvalue weighted by molar-refractivity contribution is -0.140. The highest BCUT2D eigenvalue weighted by molar-refractivity contribution is 6.08. The van der Waals surface area contributed by atoms with Gasteiger partial charge in [-0.25, -0.2) is 9.97 Å². The van der Waals surface area contributed by atoms with Crippen molar-refractivity contribution < 1.29 is 28.6 Å². The number of aliphatic hydroxyl groups excluding tert-OH is 1. The molecule has 11 heteroatoms. The van der Waals surface area contributed by atoms with Crippen LogP contribution in [0.2, 0.25) is 0 Å². The smallest absolute Gasteiger partial charge is 0.255 e. The maximum Gasteiger partial charge on any atom is 0.255 e. The van der Waals surface area contributed by atoms with Crippen LogP contribution in [0, 0.1) is 5.82 Å². The van der Waals surface area contributed by atoms with Crippen molar-refractivity contribution >= 4 is 22.8 Å². The number of aliphatic hydroxyl groups is 1. The molecule has 37 heavy (non-hydrogen) atoms. The van der Waals surface area contributed by atoms with Crippen LogP contribution in [0.3, 0.4) is 0 Å². The molecule has 3 N–H and O–H groups in total. The number of piperidine rings is 1. The van der Waals surface area contributed by atoms with Crippen molar-refractivity contribution in [3.63, 3.8) is 0 Å². The second-order valence-electron chi connectivity index (χ2n) is 9.56. The van der Waals surface area contributed by atoms with E-state index in [2.05, 4.69) is 20.3 Å². The molecule has 1 aromatic carbocycles. The molecule has 2 amide bonds. The molecular weight excluding hydrogens is 481 g/mol. The molecule has 2 aromatic heterocycles. The number of carbonyl (C=O) groups excluding carboxylic acids is 2. The second-order valence-corrected chi connectivity index (χ2v) is 9.56. The van der Waals surface area contributed by atoms with Gasteiger partial charge < -0.3 is 29.8 Å². The van der Waals surface area contributed by atoms with E-state index in [1.807, 2.05) is 0 Å². The van der Waals surface area contributed by atoms with Gasteiger partial charge in [0.2, 0.25) is 5.82 Å². The van der Waals surface area contributed by atoms with E-state index in [0.717, 1.165) is 18.4 Å². The fourth-order valence-electron chi connectivity index (χ4n) is 5.03. The molecule has 0 radical (unpaired) electrons. The molecule has 0 bridgehead atoms. The summed E-state index contributed by atoms with van der Waals surface area (Å²) >= 11 is 0. The van der Waals surface area contributed by atoms with Crippen molar-refractivity contribution in [2.45, 2.75) is 50.7 Å². The number of benzene rings is 1. The van der Waals surface area contributed by atoms with Crippen molar-refractivity contribution in [1.82, 2.24) is 25.2 Å². The van der Waals surface area contributed by atoms with Gasteiger partial charge in [0, 0.05) is 36.5 Å². The molecular formula is C26H30FN5O5. The lowest BCUT2D eigenvalue weighted by atomic mass is 9.97. The molecule has 1 aliphatic carbocycles. The summed E-state index contributed by atoms with van der Waals surface area (Å²) in [6.45, 7) is 2.38. The Kier molecular flexibility index (Phi) is 6.72. The average Bonchev–Trinajstić information content (AvgIpc) is 3.65. The molecule has 1 aliphatic heterocycles. The molecule has 5 rings (SSSR count). The molecule has 1 atom stereocenters. The minimum absolute atomic E-state index is 0.0490. The third-order valence-corrected chi connectivity index (χ3v) is 7.10. The Morgan fingerprint density at radius 2 is 1.92 bits per heavy atom. The topological polar surface area (TPSA) is 130 Å². The van der Waals surface area contributed by atoms with E-state index in [1.165, 1.54) is 27.5 Å². The number of methoxy groups -OCH3 is 2. The first kappa shape index (κ1) is 24.9. The number of H-pyrrole nitrogens is 1. The SMILES string of the molecule is COc1cc(-c2ncnc3c(C(=O)NC4CCN(C(=O)C(C)O)CC4)c[nH]c23)c(C2CC2)c(OC)c1F. The van der Waals surface area contributed by atoms with Crippen LogP contribution in [-0.2, 0) is 4.79 Å². The van der Waals surface area contributed by atoms with Crippen LogP contribution in [0.25, 0.3) is 22.3 Å². The quantitative estimate of drug-likeness (QED) is 0.445. The fourth-order valence-corrected chi connectivity index (χ4v) is 5.03. The van der Waals surface area contributed by atoms with Crippen LogP contribution in [0.5, 0.6) is 11.5 Å². The number of amides is 2. The van der Waals surface area contributed by atoms with Gasteiger partial charge in [-0.2, -0.15) is 4.39 Å². The molecule has 2 aliphatic rings. The summed E-state index contributed by atoms with van der Waals surface area (Å²) < 4.78 is 25.7. The van der Waals surface area contributed by atoms with Crippen LogP contribution in [-0.4, -0.2) is 76.2 Å². The molecule has 196 valence electrons. The van der Waals surface area contributed by atoms with Gasteiger partial charge in [-0.15, -0.1) is 0 Å². The number of hydrogen-bond acceptors (Lipinski definition) is 7.